The molecule has 5 amide bonds. The van der Waals surface area contributed by atoms with Crippen molar-refractivity contribution in [2.45, 2.75) is 38.6 Å². The van der Waals surface area contributed by atoms with Crippen LogP contribution in [0.5, 0.6) is 0 Å². The standard InChI is InChI=1S/C24H23N5O5/c1-14-5-7-17(13-25-14)27-20(30)9-6-15-3-2-4-16(11-15)26-18-12-22(32)29(24(18)34)19-8-10-21(31)28-23(19)33/h2-5,7,11-13,19,26H,6,8-10H2,1H3,(H,27,30)(H,28,31,33). The number of aryl methyl sites for hydroxylation is 2. The molecule has 3 N–H and O–H groups in total. The number of benzene rings is 1. The lowest BCUT2D eigenvalue weighted by atomic mass is 10.0. The third kappa shape index (κ3) is 5.17. The van der Waals surface area contributed by atoms with E-state index in [9.17, 15) is 24.0 Å². The number of nitrogens with one attached hydrogen (secondary N) is 3. The van der Waals surface area contributed by atoms with Crippen molar-refractivity contribution in [3.63, 3.8) is 0 Å². The number of imide groups is 2. The van der Waals surface area contributed by atoms with E-state index in [2.05, 4.69) is 20.9 Å². The molecule has 1 saturated heterocycles. The van der Waals surface area contributed by atoms with E-state index in [0.29, 0.717) is 17.8 Å². The summed E-state index contributed by atoms with van der Waals surface area (Å²) in [7, 11) is 0. The normalized spacial score (nSPS) is 18.0. The van der Waals surface area contributed by atoms with Gasteiger partial charge >= 0.3 is 0 Å². The molecule has 0 spiro atoms. The van der Waals surface area contributed by atoms with Crippen molar-refractivity contribution >= 4 is 40.9 Å². The van der Waals surface area contributed by atoms with Crippen LogP contribution in [0.4, 0.5) is 11.4 Å². The zero-order valence-electron chi connectivity index (χ0n) is 18.5. The predicted octanol–water partition coefficient (Wildman–Crippen LogP) is 1.43. The molecule has 3 heterocycles. The Balaban J connectivity index is 1.35. The van der Waals surface area contributed by atoms with Gasteiger partial charge in [0.15, 0.2) is 0 Å². The molecule has 2 aliphatic rings. The number of aromatic nitrogens is 1. The predicted molar refractivity (Wildman–Crippen MR) is 122 cm³/mol. The van der Waals surface area contributed by atoms with Crippen LogP contribution in [0.2, 0.25) is 0 Å². The lowest BCUT2D eigenvalue weighted by Crippen LogP contribution is -2.54. The van der Waals surface area contributed by atoms with Gasteiger partial charge in [-0.1, -0.05) is 12.1 Å². The smallest absolute Gasteiger partial charge is 0.278 e. The maximum absolute atomic E-state index is 12.8. The second kappa shape index (κ2) is 9.65. The second-order valence-corrected chi connectivity index (χ2v) is 8.10. The largest absolute Gasteiger partial charge is 0.351 e. The SMILES string of the molecule is Cc1ccc(NC(=O)CCc2cccc(NC3=CC(=O)N(C4CCC(=O)NC4=O)C3=O)c2)cn1. The van der Waals surface area contributed by atoms with E-state index < -0.39 is 29.7 Å². The molecule has 0 aliphatic carbocycles. The van der Waals surface area contributed by atoms with E-state index in [1.54, 1.807) is 30.5 Å². The van der Waals surface area contributed by atoms with E-state index in [4.69, 9.17) is 0 Å². The Bertz CT molecular complexity index is 1200. The van der Waals surface area contributed by atoms with Gasteiger partial charge in [-0.2, -0.15) is 0 Å². The number of carbonyl (C=O) groups is 5. The summed E-state index contributed by atoms with van der Waals surface area (Å²) < 4.78 is 0. The second-order valence-electron chi connectivity index (χ2n) is 8.10. The molecule has 174 valence electrons. The van der Waals surface area contributed by atoms with Crippen LogP contribution in [-0.4, -0.2) is 45.5 Å². The van der Waals surface area contributed by atoms with Gasteiger partial charge in [-0.05, 0) is 49.6 Å². The number of pyridine rings is 1. The summed E-state index contributed by atoms with van der Waals surface area (Å²) >= 11 is 0. The van der Waals surface area contributed by atoms with Gasteiger partial charge in [0.2, 0.25) is 17.7 Å². The molecule has 1 atom stereocenters. The number of piperidine rings is 1. The molecule has 4 rings (SSSR count). The van der Waals surface area contributed by atoms with Crippen molar-refractivity contribution in [3.05, 3.63) is 65.6 Å². The number of carbonyl (C=O) groups excluding carboxylic acids is 5. The van der Waals surface area contributed by atoms with Gasteiger partial charge in [0.25, 0.3) is 11.8 Å². The van der Waals surface area contributed by atoms with E-state index >= 15 is 0 Å². The minimum atomic E-state index is -1.01. The average Bonchev–Trinajstić information content (AvgIpc) is 3.07. The van der Waals surface area contributed by atoms with Crippen molar-refractivity contribution < 1.29 is 24.0 Å². The van der Waals surface area contributed by atoms with Gasteiger partial charge in [-0.25, -0.2) is 0 Å². The van der Waals surface area contributed by atoms with E-state index in [1.807, 2.05) is 19.1 Å². The number of anilines is 2. The zero-order valence-corrected chi connectivity index (χ0v) is 18.5. The molecule has 1 fully saturated rings. The first-order valence-electron chi connectivity index (χ1n) is 10.8. The molecule has 1 aromatic carbocycles. The Kier molecular flexibility index (Phi) is 6.48. The summed E-state index contributed by atoms with van der Waals surface area (Å²) in [4.78, 5) is 65.9. The molecule has 1 unspecified atom stereocenters. The summed E-state index contributed by atoms with van der Waals surface area (Å²) in [6.07, 6.45) is 3.62. The Hall–Kier alpha value is -4.34. The number of nitrogens with zero attached hydrogens (tertiary/aromatic N) is 2. The summed E-state index contributed by atoms with van der Waals surface area (Å²) in [6.45, 7) is 1.87. The van der Waals surface area contributed by atoms with Crippen LogP contribution < -0.4 is 16.0 Å². The van der Waals surface area contributed by atoms with Crippen molar-refractivity contribution in [1.82, 2.24) is 15.2 Å². The van der Waals surface area contributed by atoms with Crippen LogP contribution in [0.25, 0.3) is 0 Å². The highest BCUT2D eigenvalue weighted by atomic mass is 16.2. The summed E-state index contributed by atoms with van der Waals surface area (Å²) in [5, 5.41) is 7.88. The monoisotopic (exact) mass is 461 g/mol. The highest BCUT2D eigenvalue weighted by Crippen LogP contribution is 2.23. The van der Waals surface area contributed by atoms with Gasteiger partial charge in [-0.3, -0.25) is 39.2 Å². The number of rotatable bonds is 7. The fourth-order valence-corrected chi connectivity index (χ4v) is 3.78. The van der Waals surface area contributed by atoms with Crippen molar-refractivity contribution in [2.75, 3.05) is 10.6 Å². The van der Waals surface area contributed by atoms with Crippen LogP contribution >= 0.6 is 0 Å². The molecular weight excluding hydrogens is 438 g/mol. The zero-order chi connectivity index (χ0) is 24.2. The minimum absolute atomic E-state index is 0.0384. The average molecular weight is 461 g/mol. The topological polar surface area (TPSA) is 138 Å². The first-order valence-corrected chi connectivity index (χ1v) is 10.8. The summed E-state index contributed by atoms with van der Waals surface area (Å²) in [5.41, 5.74) is 2.96. The molecule has 0 bridgehead atoms. The number of amides is 5. The fraction of sp³-hybridized carbons (Fsp3) is 0.250. The first kappa shape index (κ1) is 22.8. The van der Waals surface area contributed by atoms with E-state index in [-0.39, 0.29) is 30.9 Å². The highest BCUT2D eigenvalue weighted by molar-refractivity contribution is 6.20. The molecule has 1 aromatic heterocycles. The Morgan fingerprint density at radius 1 is 1.15 bits per heavy atom. The van der Waals surface area contributed by atoms with Crippen LogP contribution in [-0.2, 0) is 30.4 Å². The Morgan fingerprint density at radius 3 is 2.71 bits per heavy atom. The van der Waals surface area contributed by atoms with Crippen LogP contribution in [0, 0.1) is 6.92 Å². The maximum Gasteiger partial charge on any atom is 0.278 e. The molecule has 34 heavy (non-hydrogen) atoms. The molecule has 10 nitrogen and oxygen atoms in total. The van der Waals surface area contributed by atoms with Crippen LogP contribution in [0.3, 0.4) is 0 Å². The van der Waals surface area contributed by atoms with E-state index in [0.717, 1.165) is 22.2 Å². The van der Waals surface area contributed by atoms with Gasteiger partial charge in [0.1, 0.15) is 11.7 Å². The molecule has 0 saturated carbocycles. The van der Waals surface area contributed by atoms with Gasteiger partial charge in [0.05, 0.1) is 11.9 Å². The molecule has 10 heteroatoms. The Morgan fingerprint density at radius 2 is 1.97 bits per heavy atom. The van der Waals surface area contributed by atoms with Crippen LogP contribution in [0.1, 0.15) is 30.5 Å². The molecule has 2 aromatic rings. The third-order valence-corrected chi connectivity index (χ3v) is 5.52. The Labute approximate surface area is 195 Å². The van der Waals surface area contributed by atoms with Gasteiger partial charge < -0.3 is 10.6 Å². The van der Waals surface area contributed by atoms with Crippen molar-refractivity contribution in [2.24, 2.45) is 0 Å². The first-order chi connectivity index (χ1) is 16.3. The number of hydrogen-bond donors (Lipinski definition) is 3. The molecular formula is C24H23N5O5. The fourth-order valence-electron chi connectivity index (χ4n) is 3.78. The summed E-state index contributed by atoms with van der Waals surface area (Å²) in [5.74, 6) is -2.47. The molecule has 0 radical (unpaired) electrons. The van der Waals surface area contributed by atoms with Crippen molar-refractivity contribution in [3.8, 4) is 0 Å². The lowest BCUT2D eigenvalue weighted by Gasteiger charge is -2.28. The van der Waals surface area contributed by atoms with Gasteiger partial charge in [0, 0.05) is 30.3 Å². The maximum atomic E-state index is 12.8. The third-order valence-electron chi connectivity index (χ3n) is 5.52. The van der Waals surface area contributed by atoms with Gasteiger partial charge in [-0.15, -0.1) is 0 Å². The molecule has 2 aliphatic heterocycles. The lowest BCUT2D eigenvalue weighted by molar-refractivity contribution is -0.149. The minimum Gasteiger partial charge on any atom is -0.351 e. The highest BCUT2D eigenvalue weighted by Gasteiger charge is 2.42. The number of hydrogen-bond acceptors (Lipinski definition) is 7. The summed E-state index contributed by atoms with van der Waals surface area (Å²) in [6, 6.07) is 9.74. The van der Waals surface area contributed by atoms with Crippen molar-refractivity contribution in [1.29, 1.82) is 0 Å². The van der Waals surface area contributed by atoms with Crippen LogP contribution in [0.15, 0.2) is 54.4 Å². The van der Waals surface area contributed by atoms with E-state index in [1.165, 1.54) is 0 Å². The quantitative estimate of drug-likeness (QED) is 0.531.